The number of rotatable bonds is 5. The summed E-state index contributed by atoms with van der Waals surface area (Å²) in [5.41, 5.74) is 1.34. The number of anilines is 1. The average Bonchev–Trinajstić information content (AvgIpc) is 2.57. The highest BCUT2D eigenvalue weighted by atomic mass is 16.5. The molecule has 116 valence electrons. The molecule has 1 saturated heterocycles. The van der Waals surface area contributed by atoms with Crippen LogP contribution in [-0.4, -0.2) is 46.7 Å². The lowest BCUT2D eigenvalue weighted by molar-refractivity contribution is -0.0374. The van der Waals surface area contributed by atoms with Gasteiger partial charge >= 0.3 is 0 Å². The molecule has 0 amide bonds. The van der Waals surface area contributed by atoms with Gasteiger partial charge in [0, 0.05) is 32.0 Å². The number of aromatic nitrogens is 2. The van der Waals surface area contributed by atoms with Gasteiger partial charge in [0.2, 0.25) is 5.95 Å². The van der Waals surface area contributed by atoms with Crippen LogP contribution >= 0.6 is 0 Å². The van der Waals surface area contributed by atoms with E-state index in [4.69, 9.17) is 4.74 Å². The molecule has 2 heterocycles. The lowest BCUT2D eigenvalue weighted by Crippen LogP contribution is -2.48. The van der Waals surface area contributed by atoms with Crippen LogP contribution in [0.2, 0.25) is 0 Å². The molecule has 5 nitrogen and oxygen atoms in total. The first kappa shape index (κ1) is 14.9. The highest BCUT2D eigenvalue weighted by Crippen LogP contribution is 2.14. The van der Waals surface area contributed by atoms with E-state index in [1.165, 1.54) is 5.56 Å². The number of morpholine rings is 1. The molecular formula is C17H22N4O. The Morgan fingerprint density at radius 3 is 2.77 bits per heavy atom. The lowest BCUT2D eigenvalue weighted by atomic mass is 10.1. The normalized spacial score (nSPS) is 20.5. The molecule has 0 aliphatic carbocycles. The summed E-state index contributed by atoms with van der Waals surface area (Å²) in [6.45, 7) is 5.73. The van der Waals surface area contributed by atoms with Crippen LogP contribution in [0.1, 0.15) is 12.5 Å². The van der Waals surface area contributed by atoms with E-state index < -0.39 is 0 Å². The Morgan fingerprint density at radius 2 is 2.00 bits per heavy atom. The Morgan fingerprint density at radius 1 is 1.23 bits per heavy atom. The van der Waals surface area contributed by atoms with E-state index in [-0.39, 0.29) is 12.1 Å². The second-order valence-electron chi connectivity index (χ2n) is 5.64. The zero-order chi connectivity index (χ0) is 15.2. The molecule has 1 aromatic heterocycles. The van der Waals surface area contributed by atoms with Crippen LogP contribution in [0, 0.1) is 0 Å². The van der Waals surface area contributed by atoms with Crippen molar-refractivity contribution in [1.29, 1.82) is 0 Å². The molecular weight excluding hydrogens is 276 g/mol. The molecule has 0 saturated carbocycles. The second kappa shape index (κ2) is 7.33. The van der Waals surface area contributed by atoms with Crippen molar-refractivity contribution >= 4 is 5.95 Å². The number of hydrogen-bond donors (Lipinski definition) is 1. The maximum absolute atomic E-state index is 5.92. The monoisotopic (exact) mass is 298 g/mol. The minimum Gasteiger partial charge on any atom is -0.373 e. The molecule has 1 aliphatic heterocycles. The van der Waals surface area contributed by atoms with Gasteiger partial charge in [-0.3, -0.25) is 4.90 Å². The first-order valence-corrected chi connectivity index (χ1v) is 7.73. The molecule has 22 heavy (non-hydrogen) atoms. The van der Waals surface area contributed by atoms with Crippen LogP contribution < -0.4 is 5.32 Å². The fourth-order valence-corrected chi connectivity index (χ4v) is 2.69. The summed E-state index contributed by atoms with van der Waals surface area (Å²) < 4.78 is 5.92. The summed E-state index contributed by atoms with van der Waals surface area (Å²) in [5, 5.41) is 3.32. The summed E-state index contributed by atoms with van der Waals surface area (Å²) in [6.07, 6.45) is 3.62. The fraction of sp³-hybridized carbons (Fsp3) is 0.412. The number of benzene rings is 1. The summed E-state index contributed by atoms with van der Waals surface area (Å²) in [7, 11) is 0. The molecule has 1 aromatic carbocycles. The van der Waals surface area contributed by atoms with E-state index in [1.807, 2.05) is 6.07 Å². The zero-order valence-electron chi connectivity index (χ0n) is 12.9. The number of ether oxygens (including phenoxy) is 1. The molecule has 2 atom stereocenters. The molecule has 0 spiro atoms. The maximum Gasteiger partial charge on any atom is 0.222 e. The Kier molecular flexibility index (Phi) is 4.98. The predicted octanol–water partition coefficient (Wildman–Crippen LogP) is 2.18. The van der Waals surface area contributed by atoms with Gasteiger partial charge in [-0.2, -0.15) is 0 Å². The summed E-state index contributed by atoms with van der Waals surface area (Å²) in [6, 6.07) is 12.6. The third-order valence-electron chi connectivity index (χ3n) is 3.91. The van der Waals surface area contributed by atoms with Gasteiger partial charge < -0.3 is 10.1 Å². The molecule has 0 bridgehead atoms. The largest absolute Gasteiger partial charge is 0.373 e. The van der Waals surface area contributed by atoms with Crippen molar-refractivity contribution in [2.24, 2.45) is 0 Å². The Hall–Kier alpha value is -1.98. The van der Waals surface area contributed by atoms with E-state index in [0.717, 1.165) is 26.2 Å². The third-order valence-corrected chi connectivity index (χ3v) is 3.91. The summed E-state index contributed by atoms with van der Waals surface area (Å²) in [5.74, 6) is 0.652. The average molecular weight is 298 g/mol. The summed E-state index contributed by atoms with van der Waals surface area (Å²) in [4.78, 5) is 10.9. The van der Waals surface area contributed by atoms with Crippen molar-refractivity contribution in [3.63, 3.8) is 0 Å². The molecule has 1 fully saturated rings. The molecule has 0 unspecified atom stereocenters. The highest BCUT2D eigenvalue weighted by molar-refractivity contribution is 5.24. The van der Waals surface area contributed by atoms with Gasteiger partial charge in [-0.1, -0.05) is 30.3 Å². The number of nitrogens with zero attached hydrogens (tertiary/aromatic N) is 3. The van der Waals surface area contributed by atoms with Crippen LogP contribution in [-0.2, 0) is 11.3 Å². The van der Waals surface area contributed by atoms with Gasteiger partial charge in [0.25, 0.3) is 0 Å². The minimum atomic E-state index is 0.140. The molecule has 3 rings (SSSR count). The van der Waals surface area contributed by atoms with Crippen LogP contribution in [0.5, 0.6) is 0 Å². The highest BCUT2D eigenvalue weighted by Gasteiger charge is 2.25. The van der Waals surface area contributed by atoms with Crippen molar-refractivity contribution in [3.05, 3.63) is 54.4 Å². The van der Waals surface area contributed by atoms with Gasteiger partial charge in [-0.15, -0.1) is 0 Å². The molecule has 1 N–H and O–H groups in total. The Balaban J connectivity index is 1.56. The van der Waals surface area contributed by atoms with Crippen LogP contribution in [0.15, 0.2) is 48.8 Å². The van der Waals surface area contributed by atoms with Gasteiger partial charge in [-0.05, 0) is 18.6 Å². The van der Waals surface area contributed by atoms with E-state index in [9.17, 15) is 0 Å². The first-order chi connectivity index (χ1) is 10.8. The van der Waals surface area contributed by atoms with Crippen molar-refractivity contribution in [2.45, 2.75) is 25.6 Å². The zero-order valence-corrected chi connectivity index (χ0v) is 12.9. The van der Waals surface area contributed by atoms with E-state index in [2.05, 4.69) is 57.4 Å². The minimum absolute atomic E-state index is 0.140. The SMILES string of the molecule is C[C@H](Nc1ncccn1)[C@@H]1CN(Cc2ccccc2)CCO1. The quantitative estimate of drug-likeness (QED) is 0.917. The molecule has 2 aromatic rings. The third kappa shape index (κ3) is 4.02. The van der Waals surface area contributed by atoms with Crippen molar-refractivity contribution in [3.8, 4) is 0 Å². The molecule has 5 heteroatoms. The van der Waals surface area contributed by atoms with Crippen molar-refractivity contribution in [2.75, 3.05) is 25.0 Å². The van der Waals surface area contributed by atoms with Crippen LogP contribution in [0.4, 0.5) is 5.95 Å². The van der Waals surface area contributed by atoms with E-state index in [1.54, 1.807) is 12.4 Å². The van der Waals surface area contributed by atoms with Crippen molar-refractivity contribution in [1.82, 2.24) is 14.9 Å². The van der Waals surface area contributed by atoms with E-state index >= 15 is 0 Å². The lowest BCUT2D eigenvalue weighted by Gasteiger charge is -2.36. The number of hydrogen-bond acceptors (Lipinski definition) is 5. The maximum atomic E-state index is 5.92. The topological polar surface area (TPSA) is 50.3 Å². The molecule has 0 radical (unpaired) electrons. The van der Waals surface area contributed by atoms with Crippen LogP contribution in [0.3, 0.4) is 0 Å². The Bertz CT molecular complexity index is 524. The fourth-order valence-electron chi connectivity index (χ4n) is 2.69. The number of nitrogens with one attached hydrogen (secondary N) is 1. The first-order valence-electron chi connectivity index (χ1n) is 7.73. The van der Waals surface area contributed by atoms with Gasteiger partial charge in [0.05, 0.1) is 18.8 Å². The van der Waals surface area contributed by atoms with Gasteiger partial charge in [-0.25, -0.2) is 9.97 Å². The van der Waals surface area contributed by atoms with Gasteiger partial charge in [0.1, 0.15) is 0 Å². The van der Waals surface area contributed by atoms with E-state index in [0.29, 0.717) is 5.95 Å². The predicted molar refractivity (Wildman–Crippen MR) is 86.6 cm³/mol. The smallest absolute Gasteiger partial charge is 0.222 e. The van der Waals surface area contributed by atoms with Crippen molar-refractivity contribution < 1.29 is 4.74 Å². The second-order valence-corrected chi connectivity index (χ2v) is 5.64. The summed E-state index contributed by atoms with van der Waals surface area (Å²) >= 11 is 0. The van der Waals surface area contributed by atoms with Gasteiger partial charge in [0.15, 0.2) is 0 Å². The van der Waals surface area contributed by atoms with Crippen LogP contribution in [0.25, 0.3) is 0 Å². The standard InChI is InChI=1S/C17H22N4O/c1-14(20-17-18-8-5-9-19-17)16-13-21(10-11-22-16)12-15-6-3-2-4-7-15/h2-9,14,16H,10-13H2,1H3,(H,18,19,20)/t14-,16-/m0/s1. The Labute approximate surface area is 131 Å². The molecule has 1 aliphatic rings.